The third kappa shape index (κ3) is 6.36. The summed E-state index contributed by atoms with van der Waals surface area (Å²) in [4.78, 5) is 11.7. The van der Waals surface area contributed by atoms with Crippen molar-refractivity contribution in [1.82, 2.24) is 5.43 Å². The van der Waals surface area contributed by atoms with E-state index in [1.165, 1.54) is 0 Å². The number of carbonyl (C=O) groups excluding carboxylic acids is 1. The maximum Gasteiger partial charge on any atom is 0.241 e. The molecule has 0 heterocycles. The van der Waals surface area contributed by atoms with Gasteiger partial charge in [-0.2, -0.15) is 5.10 Å². The molecule has 0 aliphatic carbocycles. The molecular weight excluding hydrogens is 302 g/mol. The van der Waals surface area contributed by atoms with Crippen LogP contribution >= 0.6 is 0 Å². The summed E-state index contributed by atoms with van der Waals surface area (Å²) in [6.07, 6.45) is 5.60. The standard InChI is InChI=1S/C19H21N3O2/c1-24-18-11-9-17(10-12-18)20-15-13-19(23)22-21-14-5-8-16-6-3-2-4-7-16/h2-12,14,20H,13,15H2,1H3,(H,22,23)/b8-5+,21-14+. The third-order valence-electron chi connectivity index (χ3n) is 3.21. The maximum absolute atomic E-state index is 11.7. The van der Waals surface area contributed by atoms with Gasteiger partial charge >= 0.3 is 0 Å². The summed E-state index contributed by atoms with van der Waals surface area (Å²) in [5.41, 5.74) is 4.52. The monoisotopic (exact) mass is 323 g/mol. The lowest BCUT2D eigenvalue weighted by atomic mass is 10.2. The molecule has 0 aliphatic rings. The molecule has 124 valence electrons. The van der Waals surface area contributed by atoms with Crippen molar-refractivity contribution in [2.24, 2.45) is 5.10 Å². The van der Waals surface area contributed by atoms with Gasteiger partial charge in [0.1, 0.15) is 5.75 Å². The molecule has 2 N–H and O–H groups in total. The van der Waals surface area contributed by atoms with Gasteiger partial charge in [-0.25, -0.2) is 5.43 Å². The van der Waals surface area contributed by atoms with E-state index in [1.807, 2.05) is 60.7 Å². The Bertz CT molecular complexity index is 680. The van der Waals surface area contributed by atoms with Crippen molar-refractivity contribution in [3.63, 3.8) is 0 Å². The van der Waals surface area contributed by atoms with E-state index in [1.54, 1.807) is 19.4 Å². The molecule has 0 unspecified atom stereocenters. The molecule has 2 aromatic carbocycles. The predicted octanol–water partition coefficient (Wildman–Crippen LogP) is 3.31. The first kappa shape index (κ1) is 17.3. The molecule has 5 heteroatoms. The number of hydrazone groups is 1. The Balaban J connectivity index is 1.64. The second-order valence-electron chi connectivity index (χ2n) is 4.99. The van der Waals surface area contributed by atoms with Crippen LogP contribution in [0.3, 0.4) is 0 Å². The highest BCUT2D eigenvalue weighted by molar-refractivity contribution is 5.81. The number of rotatable bonds is 8. The first-order valence-corrected chi connectivity index (χ1v) is 7.69. The topological polar surface area (TPSA) is 62.7 Å². The Morgan fingerprint density at radius 2 is 1.88 bits per heavy atom. The van der Waals surface area contributed by atoms with Gasteiger partial charge in [-0.05, 0) is 35.9 Å². The van der Waals surface area contributed by atoms with E-state index in [-0.39, 0.29) is 5.91 Å². The van der Waals surface area contributed by atoms with Gasteiger partial charge in [0.25, 0.3) is 0 Å². The average molecular weight is 323 g/mol. The summed E-state index contributed by atoms with van der Waals surface area (Å²) in [7, 11) is 1.63. The van der Waals surface area contributed by atoms with Crippen LogP contribution in [0.5, 0.6) is 5.75 Å². The molecule has 0 bridgehead atoms. The van der Waals surface area contributed by atoms with Gasteiger partial charge in [-0.3, -0.25) is 4.79 Å². The number of anilines is 1. The number of hydrogen-bond donors (Lipinski definition) is 2. The van der Waals surface area contributed by atoms with Gasteiger partial charge in [-0.1, -0.05) is 36.4 Å². The lowest BCUT2D eigenvalue weighted by Crippen LogP contribution is -2.20. The Morgan fingerprint density at radius 1 is 1.12 bits per heavy atom. The summed E-state index contributed by atoms with van der Waals surface area (Å²) in [5, 5.41) is 7.05. The molecule has 1 amide bonds. The first-order chi connectivity index (χ1) is 11.8. The Hall–Kier alpha value is -3.08. The molecule has 24 heavy (non-hydrogen) atoms. The smallest absolute Gasteiger partial charge is 0.241 e. The maximum atomic E-state index is 11.7. The van der Waals surface area contributed by atoms with Gasteiger partial charge < -0.3 is 10.1 Å². The summed E-state index contributed by atoms with van der Waals surface area (Å²) >= 11 is 0. The van der Waals surface area contributed by atoms with Crippen molar-refractivity contribution in [3.8, 4) is 5.75 Å². The molecule has 0 saturated carbocycles. The summed E-state index contributed by atoms with van der Waals surface area (Å²) in [6.45, 7) is 0.535. The normalized spacial score (nSPS) is 10.9. The van der Waals surface area contributed by atoms with Crippen LogP contribution in [0, 0.1) is 0 Å². The van der Waals surface area contributed by atoms with Crippen molar-refractivity contribution in [3.05, 3.63) is 66.2 Å². The van der Waals surface area contributed by atoms with E-state index in [4.69, 9.17) is 4.74 Å². The minimum Gasteiger partial charge on any atom is -0.497 e. The molecule has 0 atom stereocenters. The fourth-order valence-corrected chi connectivity index (χ4v) is 1.96. The van der Waals surface area contributed by atoms with Crippen LogP contribution < -0.4 is 15.5 Å². The summed E-state index contributed by atoms with van der Waals surface area (Å²) in [5.74, 6) is 0.663. The van der Waals surface area contributed by atoms with Gasteiger partial charge in [0.2, 0.25) is 5.91 Å². The highest BCUT2D eigenvalue weighted by Gasteiger charge is 1.99. The minimum atomic E-state index is -0.139. The zero-order chi connectivity index (χ0) is 17.0. The van der Waals surface area contributed by atoms with E-state index >= 15 is 0 Å². The van der Waals surface area contributed by atoms with E-state index in [9.17, 15) is 4.79 Å². The molecule has 0 spiro atoms. The van der Waals surface area contributed by atoms with Gasteiger partial charge in [0.15, 0.2) is 0 Å². The van der Waals surface area contributed by atoms with Crippen LogP contribution in [0.1, 0.15) is 12.0 Å². The zero-order valence-corrected chi connectivity index (χ0v) is 13.6. The molecule has 2 aromatic rings. The average Bonchev–Trinajstić information content (AvgIpc) is 2.63. The van der Waals surface area contributed by atoms with Crippen LogP contribution in [0.15, 0.2) is 65.8 Å². The van der Waals surface area contributed by atoms with Gasteiger partial charge in [0, 0.05) is 24.9 Å². The number of hydrogen-bond acceptors (Lipinski definition) is 4. The number of ether oxygens (including phenoxy) is 1. The molecule has 0 saturated heterocycles. The Morgan fingerprint density at radius 3 is 2.58 bits per heavy atom. The fourth-order valence-electron chi connectivity index (χ4n) is 1.96. The van der Waals surface area contributed by atoms with E-state index in [0.29, 0.717) is 13.0 Å². The number of benzene rings is 2. The third-order valence-corrected chi connectivity index (χ3v) is 3.21. The molecular formula is C19H21N3O2. The number of methoxy groups -OCH3 is 1. The number of nitrogens with one attached hydrogen (secondary N) is 2. The van der Waals surface area contributed by atoms with E-state index < -0.39 is 0 Å². The van der Waals surface area contributed by atoms with Crippen LogP contribution in [-0.4, -0.2) is 25.8 Å². The van der Waals surface area contributed by atoms with Crippen molar-refractivity contribution in [2.45, 2.75) is 6.42 Å². The predicted molar refractivity (Wildman–Crippen MR) is 98.2 cm³/mol. The minimum absolute atomic E-state index is 0.139. The van der Waals surface area contributed by atoms with Crippen LogP contribution in [0.25, 0.3) is 6.08 Å². The largest absolute Gasteiger partial charge is 0.497 e. The Labute approximate surface area is 142 Å². The highest BCUT2D eigenvalue weighted by atomic mass is 16.5. The number of allylic oxidation sites excluding steroid dienone is 1. The SMILES string of the molecule is COc1ccc(NCCC(=O)N/N=C/C=C/c2ccccc2)cc1. The molecule has 0 aromatic heterocycles. The number of nitrogens with zero attached hydrogens (tertiary/aromatic N) is 1. The molecule has 0 radical (unpaired) electrons. The molecule has 5 nitrogen and oxygen atoms in total. The number of amides is 1. The van der Waals surface area contributed by atoms with Crippen LogP contribution in [-0.2, 0) is 4.79 Å². The molecule has 2 rings (SSSR count). The number of carbonyl (C=O) groups is 1. The molecule has 0 aliphatic heterocycles. The zero-order valence-electron chi connectivity index (χ0n) is 13.6. The quantitative estimate of drug-likeness (QED) is 0.579. The lowest BCUT2D eigenvalue weighted by Gasteiger charge is -2.06. The fraction of sp³-hybridized carbons (Fsp3) is 0.158. The molecule has 0 fully saturated rings. The van der Waals surface area contributed by atoms with Crippen LogP contribution in [0.4, 0.5) is 5.69 Å². The highest BCUT2D eigenvalue weighted by Crippen LogP contribution is 2.14. The second-order valence-corrected chi connectivity index (χ2v) is 4.99. The van der Waals surface area contributed by atoms with E-state index in [2.05, 4.69) is 15.8 Å². The lowest BCUT2D eigenvalue weighted by molar-refractivity contribution is -0.120. The van der Waals surface area contributed by atoms with Gasteiger partial charge in [0.05, 0.1) is 7.11 Å². The van der Waals surface area contributed by atoms with Crippen molar-refractivity contribution in [2.75, 3.05) is 19.0 Å². The van der Waals surface area contributed by atoms with Crippen LogP contribution in [0.2, 0.25) is 0 Å². The first-order valence-electron chi connectivity index (χ1n) is 7.69. The van der Waals surface area contributed by atoms with Gasteiger partial charge in [-0.15, -0.1) is 0 Å². The Kier molecular flexibility index (Phi) is 7.08. The van der Waals surface area contributed by atoms with Crippen molar-refractivity contribution < 1.29 is 9.53 Å². The summed E-state index contributed by atoms with van der Waals surface area (Å²) in [6, 6.07) is 17.4. The van der Waals surface area contributed by atoms with Crippen molar-refractivity contribution >= 4 is 23.9 Å². The van der Waals surface area contributed by atoms with Crippen molar-refractivity contribution in [1.29, 1.82) is 0 Å². The summed E-state index contributed by atoms with van der Waals surface area (Å²) < 4.78 is 5.09. The van der Waals surface area contributed by atoms with E-state index in [0.717, 1.165) is 17.0 Å². The second kappa shape index (κ2) is 9.84.